The van der Waals surface area contributed by atoms with Gasteiger partial charge in [0.1, 0.15) is 5.76 Å². The minimum absolute atomic E-state index is 0.0104. The van der Waals surface area contributed by atoms with Crippen LogP contribution >= 0.6 is 11.3 Å². The van der Waals surface area contributed by atoms with Crippen molar-refractivity contribution >= 4 is 23.2 Å². The summed E-state index contributed by atoms with van der Waals surface area (Å²) in [5, 5.41) is 8.83. The Morgan fingerprint density at radius 3 is 2.96 bits per heavy atom. The van der Waals surface area contributed by atoms with Gasteiger partial charge in [-0.2, -0.15) is 0 Å². The van der Waals surface area contributed by atoms with E-state index in [1.54, 1.807) is 16.2 Å². The van der Waals surface area contributed by atoms with Crippen LogP contribution in [0.3, 0.4) is 0 Å². The molecular formula is C19H24N4O3S. The maximum absolute atomic E-state index is 13.0. The van der Waals surface area contributed by atoms with Crippen LogP contribution in [-0.4, -0.2) is 52.9 Å². The van der Waals surface area contributed by atoms with Crippen molar-refractivity contribution in [1.82, 2.24) is 20.3 Å². The number of hydrogen-bond donors (Lipinski definition) is 1. The van der Waals surface area contributed by atoms with Crippen molar-refractivity contribution in [3.05, 3.63) is 38.4 Å². The molecule has 0 radical (unpaired) electrons. The lowest BCUT2D eigenvalue weighted by molar-refractivity contribution is -0.121. The zero-order chi connectivity index (χ0) is 19.0. The second-order valence-corrected chi connectivity index (χ2v) is 8.21. The molecule has 2 aliphatic heterocycles. The Balaban J connectivity index is 1.48. The predicted octanol–water partition coefficient (Wildman–Crippen LogP) is 1.87. The first-order valence-corrected chi connectivity index (χ1v) is 10.2. The molecule has 144 valence electrons. The highest BCUT2D eigenvalue weighted by Gasteiger charge is 2.28. The molecule has 0 spiro atoms. The summed E-state index contributed by atoms with van der Waals surface area (Å²) >= 11 is 1.65. The number of carbonyl (C=O) groups is 2. The van der Waals surface area contributed by atoms with Crippen LogP contribution in [0.5, 0.6) is 0 Å². The number of fused-ring (bicyclic) bond motifs is 1. The second-order valence-electron chi connectivity index (χ2n) is 7.24. The van der Waals surface area contributed by atoms with Crippen LogP contribution in [0.4, 0.5) is 0 Å². The van der Waals surface area contributed by atoms with E-state index in [0.29, 0.717) is 13.1 Å². The number of thiophene rings is 1. The van der Waals surface area contributed by atoms with Gasteiger partial charge in [0.15, 0.2) is 0 Å². The Morgan fingerprint density at radius 1 is 1.33 bits per heavy atom. The van der Waals surface area contributed by atoms with Gasteiger partial charge in [0.25, 0.3) is 5.91 Å². The number of amides is 2. The van der Waals surface area contributed by atoms with Gasteiger partial charge in [-0.05, 0) is 32.3 Å². The van der Waals surface area contributed by atoms with E-state index in [1.165, 1.54) is 4.88 Å². The van der Waals surface area contributed by atoms with E-state index < -0.39 is 0 Å². The SMILES string of the molecule is Cc1noc(C)c1CN1CCc2c(C(=O)N3CCCNC(=O)C3)csc2C1. The lowest BCUT2D eigenvalue weighted by Gasteiger charge is -2.27. The van der Waals surface area contributed by atoms with Gasteiger partial charge in [-0.15, -0.1) is 11.3 Å². The van der Waals surface area contributed by atoms with Crippen molar-refractivity contribution in [3.8, 4) is 0 Å². The Kier molecular flexibility index (Phi) is 5.01. The minimum Gasteiger partial charge on any atom is -0.361 e. The summed E-state index contributed by atoms with van der Waals surface area (Å²) in [5.74, 6) is 0.791. The van der Waals surface area contributed by atoms with Gasteiger partial charge >= 0.3 is 0 Å². The van der Waals surface area contributed by atoms with Gasteiger partial charge in [-0.25, -0.2) is 0 Å². The van der Waals surface area contributed by atoms with Crippen LogP contribution < -0.4 is 5.32 Å². The lowest BCUT2D eigenvalue weighted by Crippen LogP contribution is -2.38. The standard InChI is InChI=1S/C19H24N4O3S/c1-12-15(13(2)26-21-12)8-22-7-4-14-16(11-27-17(14)9-22)19(25)23-6-3-5-20-18(24)10-23/h11H,3-10H2,1-2H3,(H,20,24). The van der Waals surface area contributed by atoms with E-state index in [2.05, 4.69) is 15.4 Å². The van der Waals surface area contributed by atoms with Gasteiger partial charge in [0, 0.05) is 48.5 Å². The largest absolute Gasteiger partial charge is 0.361 e. The maximum Gasteiger partial charge on any atom is 0.255 e. The fourth-order valence-electron chi connectivity index (χ4n) is 3.80. The average Bonchev–Trinajstić information content (AvgIpc) is 3.13. The third-order valence-electron chi connectivity index (χ3n) is 5.37. The molecule has 1 N–H and O–H groups in total. The number of nitrogens with zero attached hydrogens (tertiary/aromatic N) is 3. The molecule has 4 rings (SSSR count). The van der Waals surface area contributed by atoms with Gasteiger partial charge < -0.3 is 14.7 Å². The third-order valence-corrected chi connectivity index (χ3v) is 6.38. The molecule has 1 fully saturated rings. The number of aromatic nitrogens is 1. The molecule has 4 heterocycles. The highest BCUT2D eigenvalue weighted by Crippen LogP contribution is 2.31. The van der Waals surface area contributed by atoms with E-state index in [0.717, 1.165) is 60.6 Å². The molecule has 0 aromatic carbocycles. The van der Waals surface area contributed by atoms with E-state index in [-0.39, 0.29) is 18.4 Å². The smallest absolute Gasteiger partial charge is 0.255 e. The zero-order valence-corrected chi connectivity index (χ0v) is 16.5. The molecule has 0 atom stereocenters. The normalized spacial score (nSPS) is 18.1. The minimum atomic E-state index is -0.0735. The molecule has 27 heavy (non-hydrogen) atoms. The Morgan fingerprint density at radius 2 is 2.19 bits per heavy atom. The van der Waals surface area contributed by atoms with Crippen LogP contribution in [-0.2, 0) is 24.3 Å². The molecule has 1 saturated heterocycles. The first-order valence-electron chi connectivity index (χ1n) is 9.32. The molecule has 0 aliphatic carbocycles. The van der Waals surface area contributed by atoms with Gasteiger partial charge in [0.2, 0.25) is 5.91 Å². The summed E-state index contributed by atoms with van der Waals surface area (Å²) in [6.07, 6.45) is 1.65. The van der Waals surface area contributed by atoms with E-state index in [4.69, 9.17) is 4.52 Å². The highest BCUT2D eigenvalue weighted by atomic mass is 32.1. The monoisotopic (exact) mass is 388 g/mol. The fraction of sp³-hybridized carbons (Fsp3) is 0.526. The van der Waals surface area contributed by atoms with Crippen LogP contribution in [0.1, 0.15) is 44.2 Å². The van der Waals surface area contributed by atoms with Crippen LogP contribution in [0.15, 0.2) is 9.90 Å². The second kappa shape index (κ2) is 7.44. The molecule has 2 aliphatic rings. The highest BCUT2D eigenvalue weighted by molar-refractivity contribution is 7.10. The maximum atomic E-state index is 13.0. The first kappa shape index (κ1) is 18.2. The van der Waals surface area contributed by atoms with Crippen LogP contribution in [0.2, 0.25) is 0 Å². The quantitative estimate of drug-likeness (QED) is 0.869. The zero-order valence-electron chi connectivity index (χ0n) is 15.7. The molecule has 2 amide bonds. The molecule has 0 saturated carbocycles. The molecule has 0 bridgehead atoms. The van der Waals surface area contributed by atoms with E-state index >= 15 is 0 Å². The van der Waals surface area contributed by atoms with Crippen molar-refractivity contribution in [2.75, 3.05) is 26.2 Å². The van der Waals surface area contributed by atoms with Crippen molar-refractivity contribution in [2.24, 2.45) is 0 Å². The number of nitrogens with one attached hydrogen (secondary N) is 1. The first-order chi connectivity index (χ1) is 13.0. The van der Waals surface area contributed by atoms with Crippen LogP contribution in [0.25, 0.3) is 0 Å². The predicted molar refractivity (Wildman–Crippen MR) is 102 cm³/mol. The summed E-state index contributed by atoms with van der Waals surface area (Å²) in [4.78, 5) is 30.1. The van der Waals surface area contributed by atoms with Crippen molar-refractivity contribution in [1.29, 1.82) is 0 Å². The number of hydrogen-bond acceptors (Lipinski definition) is 6. The van der Waals surface area contributed by atoms with Gasteiger partial charge in [-0.1, -0.05) is 5.16 Å². The van der Waals surface area contributed by atoms with Crippen LogP contribution in [0, 0.1) is 13.8 Å². The van der Waals surface area contributed by atoms with Crippen molar-refractivity contribution in [3.63, 3.8) is 0 Å². The van der Waals surface area contributed by atoms with Gasteiger partial charge in [-0.3, -0.25) is 14.5 Å². The van der Waals surface area contributed by atoms with E-state index in [9.17, 15) is 9.59 Å². The molecule has 2 aromatic heterocycles. The molecule has 8 heteroatoms. The Hall–Kier alpha value is -2.19. The summed E-state index contributed by atoms with van der Waals surface area (Å²) in [6, 6.07) is 0. The number of carbonyl (C=O) groups excluding carboxylic acids is 2. The topological polar surface area (TPSA) is 78.7 Å². The Labute approximate surface area is 162 Å². The third kappa shape index (κ3) is 3.64. The average molecular weight is 388 g/mol. The number of rotatable bonds is 3. The van der Waals surface area contributed by atoms with Gasteiger partial charge in [0.05, 0.1) is 17.8 Å². The summed E-state index contributed by atoms with van der Waals surface area (Å²) in [6.45, 7) is 7.88. The Bertz CT molecular complexity index is 853. The molecule has 0 unspecified atom stereocenters. The molecular weight excluding hydrogens is 364 g/mol. The lowest BCUT2D eigenvalue weighted by atomic mass is 10.0. The summed E-state index contributed by atoms with van der Waals surface area (Å²) < 4.78 is 5.27. The summed E-state index contributed by atoms with van der Waals surface area (Å²) in [7, 11) is 0. The van der Waals surface area contributed by atoms with Crippen molar-refractivity contribution in [2.45, 2.75) is 39.8 Å². The van der Waals surface area contributed by atoms with E-state index in [1.807, 2.05) is 19.2 Å². The fourth-order valence-corrected chi connectivity index (χ4v) is 4.91. The summed E-state index contributed by atoms with van der Waals surface area (Å²) in [5.41, 5.74) is 4.04. The molecule has 7 nitrogen and oxygen atoms in total. The number of aryl methyl sites for hydroxylation is 2. The van der Waals surface area contributed by atoms with Crippen molar-refractivity contribution < 1.29 is 14.1 Å². The molecule has 2 aromatic rings.